The van der Waals surface area contributed by atoms with Gasteiger partial charge in [0, 0.05) is 15.6 Å². The zero-order valence-electron chi connectivity index (χ0n) is 10.7. The van der Waals surface area contributed by atoms with E-state index >= 15 is 0 Å². The van der Waals surface area contributed by atoms with Gasteiger partial charge in [-0.25, -0.2) is 4.39 Å². The zero-order valence-corrected chi connectivity index (χ0v) is 13.1. The Kier molecular flexibility index (Phi) is 5.02. The molecule has 1 N–H and O–H groups in total. The first-order valence-electron chi connectivity index (χ1n) is 6.02. The minimum atomic E-state index is -0.682. The first kappa shape index (κ1) is 15.3. The minimum Gasteiger partial charge on any atom is -0.488 e. The monoisotopic (exact) mass is 358 g/mol. The van der Waals surface area contributed by atoms with E-state index in [2.05, 4.69) is 15.9 Å². The summed E-state index contributed by atoms with van der Waals surface area (Å²) in [5, 5.41) is 10.1. The molecular weight excluding hydrogens is 347 g/mol. The SMILES string of the molecule is CC(O)c1cc(Br)ccc1OCc1c(F)cccc1Cl. The number of aliphatic hydroxyl groups is 1. The molecule has 2 aromatic carbocycles. The quantitative estimate of drug-likeness (QED) is 0.843. The van der Waals surface area contributed by atoms with Crippen LogP contribution in [0, 0.1) is 5.82 Å². The van der Waals surface area contributed by atoms with Crippen molar-refractivity contribution in [2.24, 2.45) is 0 Å². The number of ether oxygens (including phenoxy) is 1. The summed E-state index contributed by atoms with van der Waals surface area (Å²) in [7, 11) is 0. The number of aliphatic hydroxyl groups excluding tert-OH is 1. The molecule has 1 atom stereocenters. The molecule has 0 fully saturated rings. The predicted octanol–water partition coefficient (Wildman–Crippen LogP) is 4.87. The smallest absolute Gasteiger partial charge is 0.131 e. The van der Waals surface area contributed by atoms with Gasteiger partial charge in [0.15, 0.2) is 0 Å². The fraction of sp³-hybridized carbons (Fsp3) is 0.200. The van der Waals surface area contributed by atoms with Gasteiger partial charge < -0.3 is 9.84 Å². The van der Waals surface area contributed by atoms with Crippen molar-refractivity contribution in [1.82, 2.24) is 0 Å². The van der Waals surface area contributed by atoms with Crippen molar-refractivity contribution in [3.05, 3.63) is 62.8 Å². The highest BCUT2D eigenvalue weighted by molar-refractivity contribution is 9.10. The molecular formula is C15H13BrClFO2. The van der Waals surface area contributed by atoms with Gasteiger partial charge in [0.1, 0.15) is 18.2 Å². The van der Waals surface area contributed by atoms with Gasteiger partial charge in [-0.3, -0.25) is 0 Å². The third-order valence-electron chi connectivity index (χ3n) is 2.86. The second-order valence-corrected chi connectivity index (χ2v) is 5.67. The van der Waals surface area contributed by atoms with Gasteiger partial charge in [-0.05, 0) is 37.3 Å². The van der Waals surface area contributed by atoms with E-state index in [-0.39, 0.29) is 6.61 Å². The van der Waals surface area contributed by atoms with Crippen molar-refractivity contribution in [3.8, 4) is 5.75 Å². The molecule has 0 radical (unpaired) electrons. The van der Waals surface area contributed by atoms with Crippen LogP contribution in [0.25, 0.3) is 0 Å². The molecule has 0 saturated heterocycles. The van der Waals surface area contributed by atoms with Gasteiger partial charge in [0.25, 0.3) is 0 Å². The molecule has 0 aliphatic heterocycles. The predicted molar refractivity (Wildman–Crippen MR) is 80.5 cm³/mol. The van der Waals surface area contributed by atoms with Crippen molar-refractivity contribution in [3.63, 3.8) is 0 Å². The first-order valence-corrected chi connectivity index (χ1v) is 7.19. The minimum absolute atomic E-state index is 0.00680. The summed E-state index contributed by atoms with van der Waals surface area (Å²) in [6.07, 6.45) is -0.682. The Morgan fingerprint density at radius 3 is 2.75 bits per heavy atom. The van der Waals surface area contributed by atoms with Crippen LogP contribution in [0.15, 0.2) is 40.9 Å². The average Bonchev–Trinajstić information content (AvgIpc) is 2.39. The molecule has 0 aromatic heterocycles. The third kappa shape index (κ3) is 3.51. The van der Waals surface area contributed by atoms with Gasteiger partial charge in [-0.2, -0.15) is 0 Å². The summed E-state index contributed by atoms with van der Waals surface area (Å²) in [4.78, 5) is 0. The van der Waals surface area contributed by atoms with E-state index in [0.717, 1.165) is 4.47 Å². The first-order chi connectivity index (χ1) is 9.49. The van der Waals surface area contributed by atoms with E-state index in [1.54, 1.807) is 37.3 Å². The van der Waals surface area contributed by atoms with Crippen molar-refractivity contribution in [2.75, 3.05) is 0 Å². The Hall–Kier alpha value is -1.10. The van der Waals surface area contributed by atoms with Gasteiger partial charge in [-0.15, -0.1) is 0 Å². The molecule has 2 aromatic rings. The molecule has 0 aliphatic rings. The normalized spacial score (nSPS) is 12.2. The molecule has 0 amide bonds. The van der Waals surface area contributed by atoms with E-state index < -0.39 is 11.9 Å². The molecule has 2 rings (SSSR count). The topological polar surface area (TPSA) is 29.5 Å². The highest BCUT2D eigenvalue weighted by atomic mass is 79.9. The highest BCUT2D eigenvalue weighted by Gasteiger charge is 2.12. The zero-order chi connectivity index (χ0) is 14.7. The van der Waals surface area contributed by atoms with Crippen LogP contribution in [0.3, 0.4) is 0 Å². The van der Waals surface area contributed by atoms with Crippen molar-refractivity contribution in [2.45, 2.75) is 19.6 Å². The lowest BCUT2D eigenvalue weighted by Crippen LogP contribution is -2.03. The van der Waals surface area contributed by atoms with Gasteiger partial charge in [-0.1, -0.05) is 33.6 Å². The third-order valence-corrected chi connectivity index (χ3v) is 3.70. The standard InChI is InChI=1S/C15H13BrClFO2/c1-9(19)11-7-10(16)5-6-15(11)20-8-12-13(17)3-2-4-14(12)18/h2-7,9,19H,8H2,1H3. The summed E-state index contributed by atoms with van der Waals surface area (Å²) >= 11 is 9.28. The Balaban J connectivity index is 2.23. The second kappa shape index (κ2) is 6.57. The Morgan fingerprint density at radius 1 is 1.35 bits per heavy atom. The Morgan fingerprint density at radius 2 is 2.10 bits per heavy atom. The summed E-state index contributed by atoms with van der Waals surface area (Å²) in [5.74, 6) is 0.0933. The molecule has 0 spiro atoms. The molecule has 0 bridgehead atoms. The molecule has 106 valence electrons. The molecule has 1 unspecified atom stereocenters. The van der Waals surface area contributed by atoms with Crippen LogP contribution >= 0.6 is 27.5 Å². The van der Waals surface area contributed by atoms with Crippen LogP contribution in [-0.2, 0) is 6.61 Å². The highest BCUT2D eigenvalue weighted by Crippen LogP contribution is 2.30. The van der Waals surface area contributed by atoms with Crippen LogP contribution in [0.5, 0.6) is 5.75 Å². The maximum absolute atomic E-state index is 13.7. The fourth-order valence-corrected chi connectivity index (χ4v) is 2.39. The van der Waals surface area contributed by atoms with Crippen LogP contribution in [0.2, 0.25) is 5.02 Å². The lowest BCUT2D eigenvalue weighted by Gasteiger charge is -2.14. The number of hydrogen-bond acceptors (Lipinski definition) is 2. The van der Waals surface area contributed by atoms with Crippen LogP contribution in [-0.4, -0.2) is 5.11 Å². The maximum atomic E-state index is 13.7. The van der Waals surface area contributed by atoms with E-state index in [4.69, 9.17) is 16.3 Å². The molecule has 0 heterocycles. The summed E-state index contributed by atoms with van der Waals surface area (Å²) in [5.41, 5.74) is 0.931. The molecule has 20 heavy (non-hydrogen) atoms. The van der Waals surface area contributed by atoms with Gasteiger partial charge in [0.05, 0.1) is 11.1 Å². The number of hydrogen-bond donors (Lipinski definition) is 1. The largest absolute Gasteiger partial charge is 0.488 e. The van der Waals surface area contributed by atoms with Crippen molar-refractivity contribution >= 4 is 27.5 Å². The van der Waals surface area contributed by atoms with Crippen LogP contribution < -0.4 is 4.74 Å². The van der Waals surface area contributed by atoms with E-state index in [1.165, 1.54) is 6.07 Å². The Labute approximate surface area is 130 Å². The fourth-order valence-electron chi connectivity index (χ4n) is 1.80. The number of rotatable bonds is 4. The lowest BCUT2D eigenvalue weighted by atomic mass is 10.1. The number of benzene rings is 2. The number of halogens is 3. The summed E-state index contributed by atoms with van der Waals surface area (Å²) < 4.78 is 20.1. The molecule has 0 saturated carbocycles. The van der Waals surface area contributed by atoms with Crippen LogP contribution in [0.1, 0.15) is 24.2 Å². The van der Waals surface area contributed by atoms with Crippen molar-refractivity contribution < 1.29 is 14.2 Å². The lowest BCUT2D eigenvalue weighted by molar-refractivity contribution is 0.189. The molecule has 2 nitrogen and oxygen atoms in total. The molecule has 5 heteroatoms. The average molecular weight is 360 g/mol. The second-order valence-electron chi connectivity index (χ2n) is 4.35. The summed E-state index contributed by atoms with van der Waals surface area (Å²) in [6.45, 7) is 1.65. The summed E-state index contributed by atoms with van der Waals surface area (Å²) in [6, 6.07) is 9.78. The maximum Gasteiger partial charge on any atom is 0.131 e. The van der Waals surface area contributed by atoms with E-state index in [9.17, 15) is 9.50 Å². The van der Waals surface area contributed by atoms with E-state index in [0.29, 0.717) is 21.9 Å². The van der Waals surface area contributed by atoms with E-state index in [1.807, 2.05) is 0 Å². The molecule has 0 aliphatic carbocycles. The Bertz CT molecular complexity index is 597. The van der Waals surface area contributed by atoms with Gasteiger partial charge >= 0.3 is 0 Å². The van der Waals surface area contributed by atoms with Gasteiger partial charge in [0.2, 0.25) is 0 Å². The van der Waals surface area contributed by atoms with Crippen LogP contribution in [0.4, 0.5) is 4.39 Å². The van der Waals surface area contributed by atoms with Crippen molar-refractivity contribution in [1.29, 1.82) is 0 Å².